The zero-order valence-corrected chi connectivity index (χ0v) is 11.8. The Labute approximate surface area is 124 Å². The highest BCUT2D eigenvalue weighted by Gasteiger charge is 2.14. The van der Waals surface area contributed by atoms with Gasteiger partial charge in [-0.05, 0) is 48.2 Å². The lowest BCUT2D eigenvalue weighted by atomic mass is 10.1. The highest BCUT2D eigenvalue weighted by atomic mass is 19.1. The Morgan fingerprint density at radius 3 is 2.24 bits per heavy atom. The molecule has 0 N–H and O–H groups in total. The van der Waals surface area contributed by atoms with E-state index in [-0.39, 0.29) is 12.1 Å². The fourth-order valence-electron chi connectivity index (χ4n) is 2.35. The van der Waals surface area contributed by atoms with Crippen LogP contribution < -0.4 is 4.74 Å². The Morgan fingerprint density at radius 2 is 1.62 bits per heavy atom. The van der Waals surface area contributed by atoms with Crippen LogP contribution in [-0.4, -0.2) is 12.9 Å². The molecule has 0 aliphatic carbocycles. The van der Waals surface area contributed by atoms with E-state index in [1.807, 2.05) is 30.7 Å². The van der Waals surface area contributed by atoms with Gasteiger partial charge in [0.15, 0.2) is 6.29 Å². The van der Waals surface area contributed by atoms with Gasteiger partial charge in [0.25, 0.3) is 0 Å². The van der Waals surface area contributed by atoms with Gasteiger partial charge in [0.2, 0.25) is 0 Å². The molecule has 0 amide bonds. The van der Waals surface area contributed by atoms with Gasteiger partial charge in [-0.2, -0.15) is 0 Å². The second-order valence-corrected chi connectivity index (χ2v) is 5.18. The maximum Gasteiger partial charge on any atom is 0.199 e. The number of rotatable bonds is 4. The summed E-state index contributed by atoms with van der Waals surface area (Å²) in [6.45, 7) is 0.779. The molecule has 0 saturated carbocycles. The maximum atomic E-state index is 12.9. The van der Waals surface area contributed by atoms with E-state index < -0.39 is 0 Å². The lowest BCUT2D eigenvalue weighted by Gasteiger charge is -2.23. The van der Waals surface area contributed by atoms with E-state index in [0.29, 0.717) is 0 Å². The van der Waals surface area contributed by atoms with Gasteiger partial charge in [0.05, 0.1) is 6.61 Å². The third-order valence-corrected chi connectivity index (χ3v) is 3.49. The highest BCUT2D eigenvalue weighted by molar-refractivity contribution is 5.39. The van der Waals surface area contributed by atoms with Crippen LogP contribution in [0, 0.1) is 12.2 Å². The van der Waals surface area contributed by atoms with Crippen molar-refractivity contribution in [1.29, 1.82) is 0 Å². The first-order valence-electron chi connectivity index (χ1n) is 7.28. The molecule has 2 aromatic rings. The van der Waals surface area contributed by atoms with Gasteiger partial charge >= 0.3 is 0 Å². The summed E-state index contributed by atoms with van der Waals surface area (Å²) in [6, 6.07) is 14.3. The first-order valence-corrected chi connectivity index (χ1v) is 7.28. The lowest BCUT2D eigenvalue weighted by molar-refractivity contribution is -0.105. The third-order valence-electron chi connectivity index (χ3n) is 3.49. The zero-order valence-electron chi connectivity index (χ0n) is 11.8. The molecule has 1 saturated heterocycles. The van der Waals surface area contributed by atoms with Crippen LogP contribution in [0.2, 0.25) is 0 Å². The summed E-state index contributed by atoms with van der Waals surface area (Å²) >= 11 is 0. The molecule has 1 heterocycles. The average Bonchev–Trinajstić information content (AvgIpc) is 2.53. The van der Waals surface area contributed by atoms with Crippen molar-refractivity contribution in [3.05, 3.63) is 71.9 Å². The van der Waals surface area contributed by atoms with E-state index in [1.165, 1.54) is 12.1 Å². The van der Waals surface area contributed by atoms with Crippen LogP contribution in [0.15, 0.2) is 48.5 Å². The first kappa shape index (κ1) is 14.1. The van der Waals surface area contributed by atoms with Crippen molar-refractivity contribution in [2.75, 3.05) is 6.61 Å². The van der Waals surface area contributed by atoms with Crippen LogP contribution in [-0.2, 0) is 4.74 Å². The summed E-state index contributed by atoms with van der Waals surface area (Å²) in [5.41, 5.74) is 2.03. The Hall–Kier alpha value is -1.87. The Kier molecular flexibility index (Phi) is 4.51. The molecule has 1 unspecified atom stereocenters. The van der Waals surface area contributed by atoms with Crippen molar-refractivity contribution >= 4 is 0 Å². The molecule has 1 aliphatic rings. The van der Waals surface area contributed by atoms with Crippen molar-refractivity contribution < 1.29 is 13.9 Å². The number of benzene rings is 2. The predicted octanol–water partition coefficient (Wildman–Crippen LogP) is 4.33. The van der Waals surface area contributed by atoms with E-state index in [9.17, 15) is 4.39 Å². The number of halogens is 1. The summed E-state index contributed by atoms with van der Waals surface area (Å²) in [6.07, 6.45) is 5.10. The summed E-state index contributed by atoms with van der Waals surface area (Å²) in [5.74, 6) is 0.599. The molecule has 0 spiro atoms. The zero-order chi connectivity index (χ0) is 14.5. The van der Waals surface area contributed by atoms with Gasteiger partial charge in [0, 0.05) is 12.8 Å². The van der Waals surface area contributed by atoms with Crippen LogP contribution in [0.5, 0.6) is 5.75 Å². The molecule has 3 rings (SSSR count). The second-order valence-electron chi connectivity index (χ2n) is 5.18. The summed E-state index contributed by atoms with van der Waals surface area (Å²) < 4.78 is 24.2. The van der Waals surface area contributed by atoms with Crippen LogP contribution >= 0.6 is 0 Å². The van der Waals surface area contributed by atoms with Crippen molar-refractivity contribution in [3.63, 3.8) is 0 Å². The average molecular weight is 285 g/mol. The molecule has 0 bridgehead atoms. The van der Waals surface area contributed by atoms with E-state index in [0.717, 1.165) is 42.7 Å². The molecule has 3 heteroatoms. The largest absolute Gasteiger partial charge is 0.465 e. The molecule has 21 heavy (non-hydrogen) atoms. The molecular formula is C18H18FO2. The van der Waals surface area contributed by atoms with E-state index in [1.54, 1.807) is 12.1 Å². The number of ether oxygens (including phenoxy) is 2. The molecule has 1 radical (unpaired) electrons. The standard InChI is InChI=1S/C18H18FO2/c19-16-8-4-14(5-9-16)13-15-6-10-17(11-7-15)21-18-3-1-2-12-20-18/h4-11,13,18H,1-3,12H2. The van der Waals surface area contributed by atoms with Gasteiger partial charge in [0.1, 0.15) is 11.6 Å². The van der Waals surface area contributed by atoms with E-state index >= 15 is 0 Å². The van der Waals surface area contributed by atoms with Crippen LogP contribution in [0.3, 0.4) is 0 Å². The van der Waals surface area contributed by atoms with E-state index in [2.05, 4.69) is 0 Å². The molecular weight excluding hydrogens is 267 g/mol. The summed E-state index contributed by atoms with van der Waals surface area (Å²) in [4.78, 5) is 0. The maximum absolute atomic E-state index is 12.9. The minimum atomic E-state index is -0.219. The van der Waals surface area contributed by atoms with Crippen molar-refractivity contribution in [2.24, 2.45) is 0 Å². The Balaban J connectivity index is 1.59. The Morgan fingerprint density at radius 1 is 0.952 bits per heavy atom. The quantitative estimate of drug-likeness (QED) is 0.832. The molecule has 1 aliphatic heterocycles. The normalized spacial score (nSPS) is 18.4. The van der Waals surface area contributed by atoms with Gasteiger partial charge in [-0.1, -0.05) is 24.3 Å². The smallest absolute Gasteiger partial charge is 0.199 e. The minimum absolute atomic E-state index is 0.120. The molecule has 1 atom stereocenters. The minimum Gasteiger partial charge on any atom is -0.465 e. The molecule has 2 aromatic carbocycles. The Bertz CT molecular complexity index is 557. The lowest BCUT2D eigenvalue weighted by Crippen LogP contribution is -2.24. The number of hydrogen-bond donors (Lipinski definition) is 0. The van der Waals surface area contributed by atoms with Crippen molar-refractivity contribution in [1.82, 2.24) is 0 Å². The van der Waals surface area contributed by atoms with Crippen LogP contribution in [0.25, 0.3) is 0 Å². The predicted molar refractivity (Wildman–Crippen MR) is 79.6 cm³/mol. The number of hydrogen-bond acceptors (Lipinski definition) is 2. The summed E-state index contributed by atoms with van der Waals surface area (Å²) in [7, 11) is 0. The van der Waals surface area contributed by atoms with Crippen LogP contribution in [0.1, 0.15) is 30.4 Å². The second kappa shape index (κ2) is 6.72. The highest BCUT2D eigenvalue weighted by Crippen LogP contribution is 2.21. The monoisotopic (exact) mass is 285 g/mol. The first-order chi connectivity index (χ1) is 10.3. The van der Waals surface area contributed by atoms with Crippen molar-refractivity contribution in [2.45, 2.75) is 25.6 Å². The van der Waals surface area contributed by atoms with Crippen molar-refractivity contribution in [3.8, 4) is 5.75 Å². The van der Waals surface area contributed by atoms with Crippen LogP contribution in [0.4, 0.5) is 4.39 Å². The molecule has 1 fully saturated rings. The topological polar surface area (TPSA) is 18.5 Å². The van der Waals surface area contributed by atoms with E-state index in [4.69, 9.17) is 9.47 Å². The molecule has 0 aromatic heterocycles. The third kappa shape index (κ3) is 4.05. The molecule has 2 nitrogen and oxygen atoms in total. The fraction of sp³-hybridized carbons (Fsp3) is 0.278. The van der Waals surface area contributed by atoms with Gasteiger partial charge in [-0.3, -0.25) is 0 Å². The molecule has 109 valence electrons. The summed E-state index contributed by atoms with van der Waals surface area (Å²) in [5, 5.41) is 0. The SMILES string of the molecule is Fc1ccc([CH]c2ccc(OC3CCCCO3)cc2)cc1. The fourth-order valence-corrected chi connectivity index (χ4v) is 2.35. The van der Waals surface area contributed by atoms with Gasteiger partial charge in [-0.15, -0.1) is 0 Å². The van der Waals surface area contributed by atoms with Gasteiger partial charge < -0.3 is 9.47 Å². The van der Waals surface area contributed by atoms with Gasteiger partial charge in [-0.25, -0.2) is 4.39 Å².